The normalized spacial score (nSPS) is 11.0. The maximum Gasteiger partial charge on any atom is 3.00 e. The van der Waals surface area contributed by atoms with Crippen molar-refractivity contribution in [2.24, 2.45) is 0 Å². The number of hydrogen-bond acceptors (Lipinski definition) is 19. The van der Waals surface area contributed by atoms with Crippen LogP contribution in [0.25, 0.3) is 0 Å². The molecule has 0 aromatic carbocycles. The molecular formula is H15GdO33S8. The zero-order chi connectivity index (χ0) is 36.0. The van der Waals surface area contributed by atoms with Gasteiger partial charge in [0, 0.05) is 10.4 Å². The van der Waals surface area contributed by atoms with Crippen LogP contribution < -0.4 is 0 Å². The van der Waals surface area contributed by atoms with Crippen molar-refractivity contribution in [3.8, 4) is 0 Å². The summed E-state index contributed by atoms with van der Waals surface area (Å²) in [5.74, 6) is 0. The Morgan fingerprint density at radius 2 is 0.286 bits per heavy atom. The molecule has 0 heterocycles. The molecule has 0 amide bonds. The average molecular weight is 957 g/mol. The molecule has 0 saturated heterocycles. The van der Waals surface area contributed by atoms with Crippen LogP contribution in [0.2, 0.25) is 0 Å². The minimum atomic E-state index is -5.17. The number of hydrogen-bond donors (Lipinski definition) is 13. The molecule has 0 aliphatic heterocycles. The van der Waals surface area contributed by atoms with Gasteiger partial charge in [-0.15, -0.1) is 0 Å². The third-order valence-electron chi connectivity index (χ3n) is 0. The van der Waals surface area contributed by atoms with Gasteiger partial charge >= 0.3 is 102 Å². The van der Waals surface area contributed by atoms with Gasteiger partial charge in [-0.1, -0.05) is 0 Å². The Kier molecular flexibility index (Phi) is 47.2. The molecule has 0 spiro atoms. The molecular weight excluding hydrogens is 942 g/mol. The summed E-state index contributed by atoms with van der Waals surface area (Å²) in [6.45, 7) is 0. The van der Waals surface area contributed by atoms with Gasteiger partial charge in [0.1, 0.15) is 0 Å². The van der Waals surface area contributed by atoms with Gasteiger partial charge in [0.15, 0.2) is 0 Å². The van der Waals surface area contributed by atoms with E-state index in [1.807, 2.05) is 0 Å². The van der Waals surface area contributed by atoms with E-state index in [0.717, 1.165) is 0 Å². The summed E-state index contributed by atoms with van der Waals surface area (Å²) in [5, 5.41) is 0. The molecule has 0 rings (SSSR count). The summed E-state index contributed by atoms with van der Waals surface area (Å²) in [7, 11) is -38.1. The number of rotatable bonds is 0. The Bertz CT molecular complexity index is 1060. The van der Waals surface area contributed by atoms with Crippen LogP contribution in [-0.2, 0) is 83.2 Å². The van der Waals surface area contributed by atoms with Gasteiger partial charge in [-0.3, -0.25) is 67.6 Å². The van der Waals surface area contributed by atoms with Crippen LogP contribution in [0.1, 0.15) is 0 Å². The molecule has 0 aliphatic rings. The first-order valence-corrected chi connectivity index (χ1v) is 16.6. The van der Waals surface area contributed by atoms with Gasteiger partial charge in [-0.25, -0.2) is 8.42 Å². The van der Waals surface area contributed by atoms with E-state index in [2.05, 4.69) is 0 Å². The molecule has 33 nitrogen and oxygen atoms in total. The third kappa shape index (κ3) is 1040000. The fourth-order valence-electron chi connectivity index (χ4n) is 0. The van der Waals surface area contributed by atoms with Crippen LogP contribution >= 0.6 is 0 Å². The van der Waals surface area contributed by atoms with Crippen molar-refractivity contribution in [3.05, 3.63) is 0 Å². The van der Waals surface area contributed by atoms with Crippen molar-refractivity contribution >= 4 is 83.2 Å². The van der Waals surface area contributed by atoms with Gasteiger partial charge in [0.2, 0.25) is 10.4 Å². The van der Waals surface area contributed by atoms with Crippen LogP contribution in [-0.4, -0.2) is 146 Å². The molecule has 0 aromatic heterocycles. The summed E-state index contributed by atoms with van der Waals surface area (Å²) in [5.41, 5.74) is 0. The second-order valence-electron chi connectivity index (χ2n) is 3.52. The summed E-state index contributed by atoms with van der Waals surface area (Å²) < 4.78 is 256. The molecule has 1 radical (unpaired) electrons. The van der Waals surface area contributed by atoms with E-state index in [1.165, 1.54) is 0 Å². The molecule has 0 unspecified atom stereocenters. The summed E-state index contributed by atoms with van der Waals surface area (Å²) in [6, 6.07) is 0. The molecule has 0 aliphatic carbocycles. The van der Waals surface area contributed by atoms with E-state index < -0.39 is 83.2 Å². The molecule has 0 fully saturated rings. The first kappa shape index (κ1) is 69.1. The Morgan fingerprint density at radius 3 is 0.286 bits per heavy atom. The second kappa shape index (κ2) is 28.7. The van der Waals surface area contributed by atoms with Crippen LogP contribution in [0.4, 0.5) is 0 Å². The molecule has 0 atom stereocenters. The average Bonchev–Trinajstić information content (AvgIpc) is 2.16. The molecule has 42 heavy (non-hydrogen) atoms. The fourth-order valence-corrected chi connectivity index (χ4v) is 0. The zero-order valence-corrected chi connectivity index (χ0v) is 26.5. The molecule has 42 heteroatoms. The van der Waals surface area contributed by atoms with Crippen molar-refractivity contribution in [2.75, 3.05) is 0 Å². The maximum atomic E-state index is 8.74. The Balaban J connectivity index is -0.0000000346. The quantitative estimate of drug-likeness (QED) is 0.0792. The van der Waals surface area contributed by atoms with Crippen molar-refractivity contribution < 1.29 is 186 Å². The molecule has 0 bridgehead atoms. The topological polar surface area (TPSA) is 637 Å². The SMILES string of the molecule is O.O=S(=O)(O)O.O=S(=O)(O)O.O=S(=O)(O)O.O=S(=O)(O)O.O=S(=O)(O)O.O=S(=O)(O)O.O=S(=O)([O-])O.O=S(=O)([O-])[O-].[Gd+3]. The van der Waals surface area contributed by atoms with Crippen molar-refractivity contribution in [1.29, 1.82) is 0 Å². The molecule has 0 aromatic rings. The monoisotopic (exact) mass is 957 g/mol. The van der Waals surface area contributed by atoms with E-state index in [9.17, 15) is 0 Å². The van der Waals surface area contributed by atoms with Gasteiger partial charge in [-0.05, 0) is 0 Å². The summed E-state index contributed by atoms with van der Waals surface area (Å²) in [6.07, 6.45) is 0. The van der Waals surface area contributed by atoms with Crippen LogP contribution in [0.3, 0.4) is 0 Å². The van der Waals surface area contributed by atoms with Crippen LogP contribution in [0.15, 0.2) is 0 Å². The van der Waals surface area contributed by atoms with E-state index in [-0.39, 0.29) is 45.4 Å². The van der Waals surface area contributed by atoms with Gasteiger partial charge in [-0.2, -0.15) is 50.5 Å². The predicted molar refractivity (Wildman–Crippen MR) is 111 cm³/mol. The van der Waals surface area contributed by atoms with Gasteiger partial charge < -0.3 is 19.1 Å². The summed E-state index contributed by atoms with van der Waals surface area (Å²) in [4.78, 5) is 0. The standard InChI is InChI=1S/Gd.8H2O4S.H2O/c;8*1-5(2,3)4;/h;8*(H2,1,2,3,4);1H2/q+3;;;;;;;;;/p-3. The smallest absolute Gasteiger partial charge is 0.759 e. The maximum absolute atomic E-state index is 8.74. The van der Waals surface area contributed by atoms with Gasteiger partial charge in [0.25, 0.3) is 0 Å². The minimum absolute atomic E-state index is 0. The van der Waals surface area contributed by atoms with Crippen LogP contribution in [0.5, 0.6) is 0 Å². The van der Waals surface area contributed by atoms with Crippen molar-refractivity contribution in [1.82, 2.24) is 0 Å². The Morgan fingerprint density at radius 1 is 0.286 bits per heavy atom. The van der Waals surface area contributed by atoms with Gasteiger partial charge in [0.05, 0.1) is 0 Å². The minimum Gasteiger partial charge on any atom is -0.759 e. The predicted octanol–water partition coefficient (Wildman–Crippen LogP) is -7.07. The van der Waals surface area contributed by atoms with Crippen molar-refractivity contribution in [3.63, 3.8) is 0 Å². The fraction of sp³-hybridized carbons (Fsp3) is 0. The summed E-state index contributed by atoms with van der Waals surface area (Å²) >= 11 is 0. The van der Waals surface area contributed by atoms with Crippen molar-refractivity contribution in [2.45, 2.75) is 0 Å². The zero-order valence-electron chi connectivity index (χ0n) is 17.7. The molecule has 0 saturated carbocycles. The Hall–Kier alpha value is 0.245. The van der Waals surface area contributed by atoms with Crippen LogP contribution in [0, 0.1) is 39.9 Å². The Labute approximate surface area is 266 Å². The van der Waals surface area contributed by atoms with E-state index in [1.54, 1.807) is 0 Å². The largest absolute Gasteiger partial charge is 3.00 e. The second-order valence-corrected chi connectivity index (χ2v) is 10.6. The molecule has 15 N–H and O–H groups in total. The van der Waals surface area contributed by atoms with E-state index in [4.69, 9.17) is 140 Å². The first-order valence-electron chi connectivity index (χ1n) is 5.54. The first-order chi connectivity index (χ1) is 16.0. The van der Waals surface area contributed by atoms with E-state index in [0.29, 0.717) is 0 Å². The molecule has 269 valence electrons. The van der Waals surface area contributed by atoms with E-state index >= 15 is 0 Å². The third-order valence-corrected chi connectivity index (χ3v) is 0.